The minimum absolute atomic E-state index is 0.479. The van der Waals surface area contributed by atoms with E-state index in [2.05, 4.69) is 15.0 Å². The molecule has 0 amide bonds. The van der Waals surface area contributed by atoms with E-state index in [1.807, 2.05) is 31.2 Å². The molecule has 0 saturated carbocycles. The van der Waals surface area contributed by atoms with Crippen molar-refractivity contribution in [1.29, 1.82) is 0 Å². The Kier molecular flexibility index (Phi) is 2.67. The maximum atomic E-state index is 5.96. The molecule has 5 nitrogen and oxygen atoms in total. The SMILES string of the molecule is CCc1nc(N)c2cc3ccc(OC)cc3nc2n1. The van der Waals surface area contributed by atoms with Gasteiger partial charge in [-0.25, -0.2) is 15.0 Å². The van der Waals surface area contributed by atoms with Crippen LogP contribution in [-0.4, -0.2) is 22.1 Å². The van der Waals surface area contributed by atoms with Gasteiger partial charge in [0, 0.05) is 17.9 Å². The van der Waals surface area contributed by atoms with Crippen LogP contribution in [0, 0.1) is 0 Å². The predicted molar refractivity (Wildman–Crippen MR) is 75.2 cm³/mol. The molecule has 96 valence electrons. The first kappa shape index (κ1) is 11.6. The molecule has 0 bridgehead atoms. The number of methoxy groups -OCH3 is 1. The number of aromatic nitrogens is 3. The van der Waals surface area contributed by atoms with E-state index in [1.165, 1.54) is 0 Å². The van der Waals surface area contributed by atoms with Crippen LogP contribution in [0.4, 0.5) is 5.82 Å². The van der Waals surface area contributed by atoms with Gasteiger partial charge in [-0.2, -0.15) is 0 Å². The third-order valence-electron chi connectivity index (χ3n) is 3.08. The molecule has 3 aromatic rings. The predicted octanol–water partition coefficient (Wildman–Crippen LogP) is 2.33. The zero-order valence-electron chi connectivity index (χ0n) is 10.8. The number of hydrogen-bond donors (Lipinski definition) is 1. The van der Waals surface area contributed by atoms with Crippen molar-refractivity contribution in [2.24, 2.45) is 0 Å². The van der Waals surface area contributed by atoms with E-state index in [0.717, 1.165) is 28.5 Å². The van der Waals surface area contributed by atoms with E-state index in [0.29, 0.717) is 17.3 Å². The van der Waals surface area contributed by atoms with E-state index in [9.17, 15) is 0 Å². The molecule has 2 heterocycles. The Balaban J connectivity index is 2.34. The molecule has 2 aromatic heterocycles. The standard InChI is InChI=1S/C14H14N4O/c1-3-12-17-13(15)10-6-8-4-5-9(19-2)7-11(8)16-14(10)18-12/h4-7H,3H2,1-2H3,(H2,15,16,17,18). The molecule has 0 radical (unpaired) electrons. The van der Waals surface area contributed by atoms with Gasteiger partial charge in [0.1, 0.15) is 17.4 Å². The van der Waals surface area contributed by atoms with Crippen LogP contribution in [0.5, 0.6) is 5.75 Å². The van der Waals surface area contributed by atoms with Crippen molar-refractivity contribution in [3.8, 4) is 5.75 Å². The fraction of sp³-hybridized carbons (Fsp3) is 0.214. The quantitative estimate of drug-likeness (QED) is 0.710. The molecule has 1 aromatic carbocycles. The normalized spacial score (nSPS) is 11.1. The number of hydrogen-bond acceptors (Lipinski definition) is 5. The largest absolute Gasteiger partial charge is 0.497 e. The van der Waals surface area contributed by atoms with E-state index >= 15 is 0 Å². The molecule has 0 aliphatic carbocycles. The Morgan fingerprint density at radius 2 is 2.00 bits per heavy atom. The Hall–Kier alpha value is -2.43. The Labute approximate surface area is 110 Å². The van der Waals surface area contributed by atoms with Crippen molar-refractivity contribution in [3.63, 3.8) is 0 Å². The number of nitrogens with zero attached hydrogens (tertiary/aromatic N) is 3. The molecular formula is C14H14N4O. The van der Waals surface area contributed by atoms with E-state index < -0.39 is 0 Å². The molecule has 0 aliphatic rings. The first-order valence-corrected chi connectivity index (χ1v) is 6.12. The Bertz CT molecular complexity index is 770. The number of aryl methyl sites for hydroxylation is 1. The topological polar surface area (TPSA) is 73.9 Å². The van der Waals surface area contributed by atoms with E-state index in [1.54, 1.807) is 7.11 Å². The van der Waals surface area contributed by atoms with Gasteiger partial charge in [0.15, 0.2) is 5.65 Å². The van der Waals surface area contributed by atoms with Gasteiger partial charge in [-0.3, -0.25) is 0 Å². The van der Waals surface area contributed by atoms with Crippen LogP contribution in [-0.2, 0) is 6.42 Å². The average Bonchev–Trinajstić information content (AvgIpc) is 2.44. The number of benzene rings is 1. The number of nitrogens with two attached hydrogens (primary N) is 1. The molecular weight excluding hydrogens is 240 g/mol. The molecule has 0 aliphatic heterocycles. The zero-order chi connectivity index (χ0) is 13.4. The molecule has 2 N–H and O–H groups in total. The Morgan fingerprint density at radius 3 is 2.74 bits per heavy atom. The molecule has 0 spiro atoms. The summed E-state index contributed by atoms with van der Waals surface area (Å²) < 4.78 is 5.21. The van der Waals surface area contributed by atoms with Gasteiger partial charge in [-0.05, 0) is 18.2 Å². The lowest BCUT2D eigenvalue weighted by Crippen LogP contribution is -2.01. The van der Waals surface area contributed by atoms with Gasteiger partial charge in [0.25, 0.3) is 0 Å². The lowest BCUT2D eigenvalue weighted by Gasteiger charge is -2.06. The second-order valence-electron chi connectivity index (χ2n) is 4.30. The van der Waals surface area contributed by atoms with Crippen molar-refractivity contribution in [3.05, 3.63) is 30.1 Å². The maximum Gasteiger partial charge on any atom is 0.165 e. The van der Waals surface area contributed by atoms with E-state index in [4.69, 9.17) is 10.5 Å². The highest BCUT2D eigenvalue weighted by atomic mass is 16.5. The van der Waals surface area contributed by atoms with Gasteiger partial charge >= 0.3 is 0 Å². The summed E-state index contributed by atoms with van der Waals surface area (Å²) in [6.07, 6.45) is 0.734. The van der Waals surface area contributed by atoms with Gasteiger partial charge in [0.05, 0.1) is 18.0 Å². The summed E-state index contributed by atoms with van der Waals surface area (Å²) in [5.41, 5.74) is 7.43. The van der Waals surface area contributed by atoms with Crippen LogP contribution in [0.3, 0.4) is 0 Å². The summed E-state index contributed by atoms with van der Waals surface area (Å²) in [4.78, 5) is 13.2. The lowest BCUT2D eigenvalue weighted by molar-refractivity contribution is 0.415. The second-order valence-corrected chi connectivity index (χ2v) is 4.30. The molecule has 5 heteroatoms. The summed E-state index contributed by atoms with van der Waals surface area (Å²) in [6, 6.07) is 7.70. The number of anilines is 1. The number of nitrogen functional groups attached to an aromatic ring is 1. The number of ether oxygens (including phenoxy) is 1. The van der Waals surface area contributed by atoms with Crippen molar-refractivity contribution < 1.29 is 4.74 Å². The van der Waals surface area contributed by atoms with Crippen molar-refractivity contribution >= 4 is 27.8 Å². The molecule has 0 atom stereocenters. The number of pyridine rings is 1. The molecule has 0 unspecified atom stereocenters. The van der Waals surface area contributed by atoms with Crippen LogP contribution in [0.2, 0.25) is 0 Å². The third kappa shape index (κ3) is 1.93. The highest BCUT2D eigenvalue weighted by Crippen LogP contribution is 2.25. The average molecular weight is 254 g/mol. The van der Waals surface area contributed by atoms with Gasteiger partial charge in [-0.15, -0.1) is 0 Å². The molecule has 0 fully saturated rings. The maximum absolute atomic E-state index is 5.96. The number of fused-ring (bicyclic) bond motifs is 2. The van der Waals surface area contributed by atoms with Crippen LogP contribution >= 0.6 is 0 Å². The summed E-state index contributed by atoms with van der Waals surface area (Å²) in [5.74, 6) is 1.96. The summed E-state index contributed by atoms with van der Waals surface area (Å²) in [7, 11) is 1.64. The molecule has 3 rings (SSSR count). The van der Waals surface area contributed by atoms with Crippen LogP contribution in [0.25, 0.3) is 21.9 Å². The summed E-state index contributed by atoms with van der Waals surface area (Å²) in [6.45, 7) is 1.99. The van der Waals surface area contributed by atoms with Gasteiger partial charge < -0.3 is 10.5 Å². The number of rotatable bonds is 2. The van der Waals surface area contributed by atoms with Crippen molar-refractivity contribution in [1.82, 2.24) is 15.0 Å². The minimum atomic E-state index is 0.479. The monoisotopic (exact) mass is 254 g/mol. The van der Waals surface area contributed by atoms with Crippen LogP contribution in [0.15, 0.2) is 24.3 Å². The van der Waals surface area contributed by atoms with E-state index in [-0.39, 0.29) is 0 Å². The third-order valence-corrected chi connectivity index (χ3v) is 3.08. The molecule has 0 saturated heterocycles. The van der Waals surface area contributed by atoms with Crippen molar-refractivity contribution in [2.75, 3.05) is 12.8 Å². The van der Waals surface area contributed by atoms with Gasteiger partial charge in [0.2, 0.25) is 0 Å². The van der Waals surface area contributed by atoms with Crippen LogP contribution < -0.4 is 10.5 Å². The second kappa shape index (κ2) is 4.35. The first-order chi connectivity index (χ1) is 9.21. The van der Waals surface area contributed by atoms with Crippen LogP contribution in [0.1, 0.15) is 12.7 Å². The lowest BCUT2D eigenvalue weighted by atomic mass is 10.1. The highest BCUT2D eigenvalue weighted by molar-refractivity contribution is 5.96. The fourth-order valence-electron chi connectivity index (χ4n) is 2.04. The molecule has 19 heavy (non-hydrogen) atoms. The fourth-order valence-corrected chi connectivity index (χ4v) is 2.04. The first-order valence-electron chi connectivity index (χ1n) is 6.12. The smallest absolute Gasteiger partial charge is 0.165 e. The zero-order valence-corrected chi connectivity index (χ0v) is 10.8. The summed E-state index contributed by atoms with van der Waals surface area (Å²) >= 11 is 0. The van der Waals surface area contributed by atoms with Gasteiger partial charge in [-0.1, -0.05) is 6.92 Å². The minimum Gasteiger partial charge on any atom is -0.497 e. The highest BCUT2D eigenvalue weighted by Gasteiger charge is 2.08. The van der Waals surface area contributed by atoms with Crippen molar-refractivity contribution in [2.45, 2.75) is 13.3 Å². The summed E-state index contributed by atoms with van der Waals surface area (Å²) in [5, 5.41) is 1.78. The Morgan fingerprint density at radius 1 is 1.16 bits per heavy atom.